The molecule has 0 spiro atoms. The van der Waals surface area contributed by atoms with Crippen molar-refractivity contribution in [1.82, 2.24) is 14.8 Å². The molecule has 0 aliphatic carbocycles. The van der Waals surface area contributed by atoms with Gasteiger partial charge in [0, 0.05) is 11.5 Å². The Hall–Kier alpha value is -0.860. The van der Waals surface area contributed by atoms with Gasteiger partial charge in [-0.05, 0) is 26.7 Å². The van der Waals surface area contributed by atoms with Crippen LogP contribution in [0.5, 0.6) is 0 Å². The molecule has 0 radical (unpaired) electrons. The Morgan fingerprint density at radius 3 is 2.21 bits per heavy atom. The molecular formula is C11H21N3. The van der Waals surface area contributed by atoms with Gasteiger partial charge in [0.2, 0.25) is 0 Å². The van der Waals surface area contributed by atoms with Gasteiger partial charge in [-0.25, -0.2) is 0 Å². The first-order valence-electron chi connectivity index (χ1n) is 5.24. The van der Waals surface area contributed by atoms with E-state index in [9.17, 15) is 0 Å². The lowest BCUT2D eigenvalue weighted by Gasteiger charge is -2.25. The van der Waals surface area contributed by atoms with Gasteiger partial charge >= 0.3 is 0 Å². The van der Waals surface area contributed by atoms with Gasteiger partial charge in [-0.2, -0.15) is 0 Å². The number of hydrogen-bond donors (Lipinski definition) is 0. The first-order valence-corrected chi connectivity index (χ1v) is 5.24. The summed E-state index contributed by atoms with van der Waals surface area (Å²) >= 11 is 0. The van der Waals surface area contributed by atoms with Crippen LogP contribution in [0.2, 0.25) is 0 Å². The molecule has 0 saturated carbocycles. The van der Waals surface area contributed by atoms with Crippen LogP contribution in [0, 0.1) is 5.92 Å². The molecule has 1 rings (SSSR count). The SMILES string of the molecule is CC(C)C(C)c1nncn1C(C)(C)C. The summed E-state index contributed by atoms with van der Waals surface area (Å²) in [5.41, 5.74) is 0.0714. The predicted octanol–water partition coefficient (Wildman–Crippen LogP) is 2.79. The maximum atomic E-state index is 4.22. The summed E-state index contributed by atoms with van der Waals surface area (Å²) < 4.78 is 2.16. The van der Waals surface area contributed by atoms with Gasteiger partial charge in [-0.1, -0.05) is 20.8 Å². The maximum absolute atomic E-state index is 4.22. The van der Waals surface area contributed by atoms with Crippen molar-refractivity contribution in [1.29, 1.82) is 0 Å². The fourth-order valence-corrected chi connectivity index (χ4v) is 1.37. The van der Waals surface area contributed by atoms with E-state index in [4.69, 9.17) is 0 Å². The Kier molecular flexibility index (Phi) is 2.98. The van der Waals surface area contributed by atoms with Crippen LogP contribution < -0.4 is 0 Å². The van der Waals surface area contributed by atoms with Crippen LogP contribution >= 0.6 is 0 Å². The molecule has 1 atom stereocenters. The smallest absolute Gasteiger partial charge is 0.136 e. The van der Waals surface area contributed by atoms with Crippen molar-refractivity contribution in [2.75, 3.05) is 0 Å². The van der Waals surface area contributed by atoms with Crippen LogP contribution in [0.25, 0.3) is 0 Å². The minimum Gasteiger partial charge on any atom is -0.312 e. The lowest BCUT2D eigenvalue weighted by molar-refractivity contribution is 0.359. The largest absolute Gasteiger partial charge is 0.312 e. The molecule has 0 bridgehead atoms. The third kappa shape index (κ3) is 2.14. The molecule has 0 aliphatic rings. The summed E-state index contributed by atoms with van der Waals surface area (Å²) in [7, 11) is 0. The summed E-state index contributed by atoms with van der Waals surface area (Å²) in [6.07, 6.45) is 1.83. The average Bonchev–Trinajstić information content (AvgIpc) is 2.48. The molecule has 1 aromatic heterocycles. The lowest BCUT2D eigenvalue weighted by Crippen LogP contribution is -2.25. The quantitative estimate of drug-likeness (QED) is 0.726. The highest BCUT2D eigenvalue weighted by Crippen LogP contribution is 2.25. The first kappa shape index (κ1) is 11.2. The number of rotatable bonds is 2. The fourth-order valence-electron chi connectivity index (χ4n) is 1.37. The molecule has 0 amide bonds. The highest BCUT2D eigenvalue weighted by atomic mass is 15.3. The molecule has 0 saturated heterocycles. The Morgan fingerprint density at radius 2 is 1.79 bits per heavy atom. The van der Waals surface area contributed by atoms with E-state index in [1.54, 1.807) is 0 Å². The average molecular weight is 195 g/mol. The zero-order chi connectivity index (χ0) is 10.9. The second-order valence-corrected chi connectivity index (χ2v) is 5.26. The maximum Gasteiger partial charge on any atom is 0.136 e. The second kappa shape index (κ2) is 3.71. The molecule has 0 aromatic carbocycles. The summed E-state index contributed by atoms with van der Waals surface area (Å²) in [5, 5.41) is 8.22. The van der Waals surface area contributed by atoms with E-state index >= 15 is 0 Å². The monoisotopic (exact) mass is 195 g/mol. The van der Waals surface area contributed by atoms with E-state index in [-0.39, 0.29) is 5.54 Å². The van der Waals surface area contributed by atoms with Crippen molar-refractivity contribution < 1.29 is 0 Å². The molecule has 3 heteroatoms. The van der Waals surface area contributed by atoms with E-state index < -0.39 is 0 Å². The third-order valence-corrected chi connectivity index (χ3v) is 2.70. The Bertz CT molecular complexity index is 294. The minimum atomic E-state index is 0.0714. The normalized spacial score (nSPS) is 14.8. The van der Waals surface area contributed by atoms with Crippen molar-refractivity contribution in [3.8, 4) is 0 Å². The first-order chi connectivity index (χ1) is 6.34. The number of hydrogen-bond acceptors (Lipinski definition) is 2. The van der Waals surface area contributed by atoms with Crippen molar-refractivity contribution in [3.05, 3.63) is 12.2 Å². The summed E-state index contributed by atoms with van der Waals surface area (Å²) in [6.45, 7) is 13.2. The van der Waals surface area contributed by atoms with Gasteiger partial charge in [0.1, 0.15) is 12.2 Å². The van der Waals surface area contributed by atoms with Crippen molar-refractivity contribution in [2.24, 2.45) is 5.92 Å². The van der Waals surface area contributed by atoms with Crippen molar-refractivity contribution >= 4 is 0 Å². The van der Waals surface area contributed by atoms with Crippen molar-refractivity contribution in [2.45, 2.75) is 53.0 Å². The zero-order valence-corrected chi connectivity index (χ0v) is 10.1. The molecule has 1 heterocycles. The zero-order valence-electron chi connectivity index (χ0n) is 10.1. The van der Waals surface area contributed by atoms with E-state index in [1.807, 2.05) is 6.33 Å². The topological polar surface area (TPSA) is 30.7 Å². The van der Waals surface area contributed by atoms with Crippen LogP contribution in [0.4, 0.5) is 0 Å². The molecular weight excluding hydrogens is 174 g/mol. The van der Waals surface area contributed by atoms with E-state index in [2.05, 4.69) is 56.3 Å². The Balaban J connectivity index is 3.05. The molecule has 3 nitrogen and oxygen atoms in total. The van der Waals surface area contributed by atoms with Crippen LogP contribution in [-0.2, 0) is 5.54 Å². The van der Waals surface area contributed by atoms with Gasteiger partial charge in [0.15, 0.2) is 0 Å². The van der Waals surface area contributed by atoms with Gasteiger partial charge in [-0.15, -0.1) is 10.2 Å². The third-order valence-electron chi connectivity index (χ3n) is 2.70. The minimum absolute atomic E-state index is 0.0714. The Labute approximate surface area is 86.5 Å². The van der Waals surface area contributed by atoms with Crippen molar-refractivity contribution in [3.63, 3.8) is 0 Å². The summed E-state index contributed by atoms with van der Waals surface area (Å²) in [5.74, 6) is 2.14. The van der Waals surface area contributed by atoms with Gasteiger partial charge in [-0.3, -0.25) is 0 Å². The van der Waals surface area contributed by atoms with E-state index in [0.717, 1.165) is 5.82 Å². The van der Waals surface area contributed by atoms with Gasteiger partial charge in [0.05, 0.1) is 0 Å². The molecule has 0 aliphatic heterocycles. The highest BCUT2D eigenvalue weighted by molar-refractivity contribution is 4.99. The summed E-state index contributed by atoms with van der Waals surface area (Å²) in [4.78, 5) is 0. The predicted molar refractivity (Wildman–Crippen MR) is 58.3 cm³/mol. The molecule has 80 valence electrons. The number of nitrogens with zero attached hydrogens (tertiary/aromatic N) is 3. The lowest BCUT2D eigenvalue weighted by atomic mass is 9.96. The van der Waals surface area contributed by atoms with Gasteiger partial charge in [0.25, 0.3) is 0 Å². The summed E-state index contributed by atoms with van der Waals surface area (Å²) in [6, 6.07) is 0. The molecule has 1 aromatic rings. The molecule has 0 N–H and O–H groups in total. The van der Waals surface area contributed by atoms with E-state index in [0.29, 0.717) is 11.8 Å². The van der Waals surface area contributed by atoms with Gasteiger partial charge < -0.3 is 4.57 Å². The van der Waals surface area contributed by atoms with Crippen LogP contribution in [0.3, 0.4) is 0 Å². The van der Waals surface area contributed by atoms with Crippen LogP contribution in [0.1, 0.15) is 53.3 Å². The van der Waals surface area contributed by atoms with E-state index in [1.165, 1.54) is 0 Å². The highest BCUT2D eigenvalue weighted by Gasteiger charge is 2.22. The molecule has 14 heavy (non-hydrogen) atoms. The van der Waals surface area contributed by atoms with Crippen LogP contribution in [0.15, 0.2) is 6.33 Å². The van der Waals surface area contributed by atoms with Crippen LogP contribution in [-0.4, -0.2) is 14.8 Å². The second-order valence-electron chi connectivity index (χ2n) is 5.26. The molecule has 0 fully saturated rings. The molecule has 1 unspecified atom stereocenters. The standard InChI is InChI=1S/C11H21N3/c1-8(2)9(3)10-13-12-7-14(10)11(4,5)6/h7-9H,1-6H3. The Morgan fingerprint density at radius 1 is 1.21 bits per heavy atom. The number of aromatic nitrogens is 3. The fraction of sp³-hybridized carbons (Fsp3) is 0.818.